The summed E-state index contributed by atoms with van der Waals surface area (Å²) in [7, 11) is -1.69. The van der Waals surface area contributed by atoms with Crippen LogP contribution >= 0.6 is 0 Å². The summed E-state index contributed by atoms with van der Waals surface area (Å²) in [6.45, 7) is 0. The molecule has 0 saturated heterocycles. The maximum Gasteiger partial charge on any atom is 0.635 e. The van der Waals surface area contributed by atoms with Crippen LogP contribution < -0.4 is 0 Å². The van der Waals surface area contributed by atoms with Crippen molar-refractivity contribution >= 4 is 7.32 Å². The van der Waals surface area contributed by atoms with Gasteiger partial charge in [-0.15, -0.1) is 0 Å². The molecule has 3 nitrogen and oxygen atoms in total. The van der Waals surface area contributed by atoms with Crippen LogP contribution in [0.2, 0.25) is 0 Å². The fraction of sp³-hybridized carbons (Fsp3) is 0.333. The number of rotatable bonds is 2. The molecule has 0 radical (unpaired) electrons. The minimum atomic E-state index is -1.69. The molecule has 1 aliphatic rings. The number of hydrogen-bond donors (Lipinski definition) is 2. The third kappa shape index (κ3) is 1.60. The van der Waals surface area contributed by atoms with Crippen LogP contribution in [-0.2, 0) is 4.65 Å². The topological polar surface area (TPSA) is 49.7 Å². The molecule has 0 heterocycles. The van der Waals surface area contributed by atoms with E-state index in [2.05, 4.69) is 16.5 Å². The van der Waals surface area contributed by atoms with Crippen molar-refractivity contribution in [2.24, 2.45) is 0 Å². The molecule has 1 aliphatic carbocycles. The minimum Gasteiger partial charge on any atom is -0.402 e. The van der Waals surface area contributed by atoms with Crippen LogP contribution in [0.3, 0.4) is 0 Å². The van der Waals surface area contributed by atoms with Gasteiger partial charge in [-0.3, -0.25) is 0 Å². The molecule has 0 bridgehead atoms. The van der Waals surface area contributed by atoms with Gasteiger partial charge in [-0.1, -0.05) is 11.8 Å². The Labute approximate surface area is 41.1 Å². The van der Waals surface area contributed by atoms with E-state index in [1.807, 2.05) is 0 Å². The Balaban J connectivity index is 2.00. The molecule has 2 N–H and O–H groups in total. The first-order valence-electron chi connectivity index (χ1n) is 1.82. The largest absolute Gasteiger partial charge is 0.635 e. The second-order valence-electron chi connectivity index (χ2n) is 1.13. The van der Waals surface area contributed by atoms with Gasteiger partial charge in [0.15, 0.2) is 6.10 Å². The molecule has 7 heavy (non-hydrogen) atoms. The maximum atomic E-state index is 8.02. The molecular weight excluding hydrogens is 94.8 g/mol. The smallest absolute Gasteiger partial charge is 0.402 e. The van der Waals surface area contributed by atoms with Crippen LogP contribution in [0.25, 0.3) is 0 Å². The van der Waals surface area contributed by atoms with Gasteiger partial charge in [0.2, 0.25) is 0 Å². The van der Waals surface area contributed by atoms with E-state index in [1.165, 1.54) is 0 Å². The zero-order valence-corrected chi connectivity index (χ0v) is 3.46. The van der Waals surface area contributed by atoms with E-state index in [4.69, 9.17) is 10.0 Å². The van der Waals surface area contributed by atoms with Crippen LogP contribution in [0.5, 0.6) is 0 Å². The van der Waals surface area contributed by atoms with Crippen LogP contribution in [0.4, 0.5) is 0 Å². The van der Waals surface area contributed by atoms with Crippen LogP contribution in [0, 0.1) is 11.8 Å². The Hall–Kier alpha value is -0.495. The highest BCUT2D eigenvalue weighted by atomic mass is 16.6. The highest BCUT2D eigenvalue weighted by molar-refractivity contribution is 6.32. The van der Waals surface area contributed by atoms with Gasteiger partial charge in [0.05, 0.1) is 0 Å². The van der Waals surface area contributed by atoms with E-state index in [9.17, 15) is 0 Å². The van der Waals surface area contributed by atoms with Crippen molar-refractivity contribution in [1.82, 2.24) is 0 Å². The van der Waals surface area contributed by atoms with Crippen LogP contribution in [0.1, 0.15) is 0 Å². The maximum absolute atomic E-state index is 8.02. The Morgan fingerprint density at radius 1 is 1.43 bits per heavy atom. The molecule has 0 fully saturated rings. The molecule has 0 unspecified atom stereocenters. The molecule has 0 saturated carbocycles. The quantitative estimate of drug-likeness (QED) is 0.321. The fourth-order valence-corrected chi connectivity index (χ4v) is 0.224. The van der Waals surface area contributed by atoms with E-state index in [0.29, 0.717) is 0 Å². The first-order chi connectivity index (χ1) is 3.29. The average molecular weight is 97.9 g/mol. The van der Waals surface area contributed by atoms with Gasteiger partial charge in [-0.25, -0.2) is 0 Å². The van der Waals surface area contributed by atoms with Gasteiger partial charge in [0, 0.05) is 0 Å². The van der Waals surface area contributed by atoms with Crippen LogP contribution in [-0.4, -0.2) is 23.5 Å². The molecule has 0 atom stereocenters. The summed E-state index contributed by atoms with van der Waals surface area (Å²) in [5.41, 5.74) is 0. The highest BCUT2D eigenvalue weighted by Crippen LogP contribution is 1.97. The van der Waals surface area contributed by atoms with Gasteiger partial charge in [-0.2, -0.15) is 0 Å². The van der Waals surface area contributed by atoms with Crippen molar-refractivity contribution in [1.29, 1.82) is 0 Å². The molecule has 36 valence electrons. The molecular formula is C3H3BO3. The van der Waals surface area contributed by atoms with Crippen molar-refractivity contribution in [3.63, 3.8) is 0 Å². The second kappa shape index (κ2) is 1.54. The average Bonchev–Trinajstić information content (AvgIpc) is 2.17. The first-order valence-corrected chi connectivity index (χ1v) is 1.82. The number of hydrogen-bond acceptors (Lipinski definition) is 3. The van der Waals surface area contributed by atoms with E-state index in [1.54, 1.807) is 0 Å². The van der Waals surface area contributed by atoms with Crippen molar-refractivity contribution in [3.8, 4) is 11.8 Å². The molecule has 0 aliphatic heterocycles. The molecule has 0 spiro atoms. The lowest BCUT2D eigenvalue weighted by molar-refractivity contribution is 0.190. The lowest BCUT2D eigenvalue weighted by Crippen LogP contribution is -2.19. The van der Waals surface area contributed by atoms with Crippen molar-refractivity contribution in [3.05, 3.63) is 0 Å². The second-order valence-corrected chi connectivity index (χ2v) is 1.13. The molecule has 0 amide bonds. The predicted molar refractivity (Wildman–Crippen MR) is 22.8 cm³/mol. The summed E-state index contributed by atoms with van der Waals surface area (Å²) in [5, 5.41) is 16.0. The van der Waals surface area contributed by atoms with E-state index in [0.717, 1.165) is 0 Å². The van der Waals surface area contributed by atoms with E-state index < -0.39 is 7.32 Å². The lowest BCUT2D eigenvalue weighted by atomic mass is 10.2. The Morgan fingerprint density at radius 3 is 2.14 bits per heavy atom. The third-order valence-electron chi connectivity index (χ3n) is 0.520. The molecule has 0 aromatic heterocycles. The Morgan fingerprint density at radius 2 is 2.00 bits per heavy atom. The molecule has 0 aromatic carbocycles. The van der Waals surface area contributed by atoms with Gasteiger partial charge in [0.25, 0.3) is 0 Å². The summed E-state index contributed by atoms with van der Waals surface area (Å²) in [6, 6.07) is 0. The van der Waals surface area contributed by atoms with Crippen molar-refractivity contribution in [2.75, 3.05) is 0 Å². The molecule has 1 rings (SSSR count). The predicted octanol–water partition coefficient (Wildman–Crippen LogP) is -1.64. The van der Waals surface area contributed by atoms with E-state index >= 15 is 0 Å². The standard InChI is InChI=1S/C3H3BO3/c5-4(6)7-3-1-2-3/h3,5-6H. The zero-order chi connectivity index (χ0) is 5.28. The van der Waals surface area contributed by atoms with E-state index in [-0.39, 0.29) is 6.10 Å². The van der Waals surface area contributed by atoms with Crippen LogP contribution in [0.15, 0.2) is 0 Å². The first kappa shape index (κ1) is 4.66. The van der Waals surface area contributed by atoms with Gasteiger partial charge in [-0.05, 0) is 0 Å². The summed E-state index contributed by atoms with van der Waals surface area (Å²) < 4.78 is 4.25. The zero-order valence-electron chi connectivity index (χ0n) is 3.46. The van der Waals surface area contributed by atoms with Crippen molar-refractivity contribution < 1.29 is 14.7 Å². The molecule has 4 heteroatoms. The summed E-state index contributed by atoms with van der Waals surface area (Å²) in [5.74, 6) is 4.95. The normalized spacial score (nSPS) is 15.1. The SMILES string of the molecule is OB(O)OC1C#C1. The molecule has 0 aromatic rings. The lowest BCUT2D eigenvalue weighted by Gasteiger charge is -1.93. The Kier molecular flexibility index (Phi) is 1.03. The van der Waals surface area contributed by atoms with Crippen molar-refractivity contribution in [2.45, 2.75) is 6.10 Å². The third-order valence-corrected chi connectivity index (χ3v) is 0.520. The fourth-order valence-electron chi connectivity index (χ4n) is 0.224. The summed E-state index contributed by atoms with van der Waals surface area (Å²) >= 11 is 0. The highest BCUT2D eigenvalue weighted by Gasteiger charge is 2.18. The van der Waals surface area contributed by atoms with Gasteiger partial charge in [0.1, 0.15) is 0 Å². The van der Waals surface area contributed by atoms with Gasteiger partial charge < -0.3 is 14.7 Å². The summed E-state index contributed by atoms with van der Waals surface area (Å²) in [6.07, 6.45) is -0.375. The summed E-state index contributed by atoms with van der Waals surface area (Å²) in [4.78, 5) is 0. The Bertz CT molecular complexity index is 114. The van der Waals surface area contributed by atoms with Gasteiger partial charge >= 0.3 is 7.32 Å². The minimum absolute atomic E-state index is 0.375. The monoisotopic (exact) mass is 98.0 g/mol.